The fraction of sp³-hybridized carbons (Fsp3) is 0.190. The molecule has 0 fully saturated rings. The van der Waals surface area contributed by atoms with Crippen molar-refractivity contribution in [2.45, 2.75) is 25.7 Å². The summed E-state index contributed by atoms with van der Waals surface area (Å²) in [5.74, 6) is 0.204. The Morgan fingerprint density at radius 3 is 2.90 bits per heavy atom. The number of aromatic nitrogens is 2. The van der Waals surface area contributed by atoms with Crippen molar-refractivity contribution in [2.24, 2.45) is 0 Å². The van der Waals surface area contributed by atoms with Gasteiger partial charge in [-0.1, -0.05) is 18.2 Å². The summed E-state index contributed by atoms with van der Waals surface area (Å²) < 4.78 is 0. The minimum Gasteiger partial charge on any atom is -0.305 e. The molecule has 1 N–H and O–H groups in total. The fourth-order valence-corrected chi connectivity index (χ4v) is 4.77. The molecule has 0 radical (unpaired) electrons. The Morgan fingerprint density at radius 2 is 2.10 bits per heavy atom. The summed E-state index contributed by atoms with van der Waals surface area (Å²) in [7, 11) is 0. The largest absolute Gasteiger partial charge is 0.305 e. The first-order valence-electron chi connectivity index (χ1n) is 9.15. The third kappa shape index (κ3) is 3.60. The highest BCUT2D eigenvalue weighted by Gasteiger charge is 2.20. The number of nitrogens with zero attached hydrogens (tertiary/aromatic N) is 3. The highest BCUT2D eigenvalue weighted by atomic mass is 32.1. The molecule has 0 unspecified atom stereocenters. The molecule has 4 rings (SSSR count). The van der Waals surface area contributed by atoms with Crippen LogP contribution >= 0.6 is 11.3 Å². The van der Waals surface area contributed by atoms with Gasteiger partial charge in [0.15, 0.2) is 5.82 Å². The summed E-state index contributed by atoms with van der Waals surface area (Å²) in [6.45, 7) is 0. The van der Waals surface area contributed by atoms with Crippen LogP contribution in [0.15, 0.2) is 41.2 Å². The highest BCUT2D eigenvalue weighted by Crippen LogP contribution is 2.33. The maximum Gasteiger partial charge on any atom is 0.276 e. The van der Waals surface area contributed by atoms with Crippen LogP contribution in [0.25, 0.3) is 21.9 Å². The van der Waals surface area contributed by atoms with Crippen LogP contribution < -0.4 is 5.56 Å². The Hall–Kier alpha value is -3.57. The number of para-hydroxylation sites is 1. The lowest BCUT2D eigenvalue weighted by molar-refractivity contribution is -0.385. The van der Waals surface area contributed by atoms with Gasteiger partial charge in [-0.25, -0.2) is 4.98 Å². The van der Waals surface area contributed by atoms with E-state index in [1.165, 1.54) is 28.4 Å². The summed E-state index contributed by atoms with van der Waals surface area (Å²) in [5.41, 5.74) is 1.45. The zero-order valence-electron chi connectivity index (χ0n) is 15.3. The first kappa shape index (κ1) is 18.8. The Labute approximate surface area is 169 Å². The Balaban J connectivity index is 1.71. The smallest absolute Gasteiger partial charge is 0.276 e. The predicted octanol–water partition coefficient (Wildman–Crippen LogP) is 4.39. The van der Waals surface area contributed by atoms with Crippen LogP contribution in [-0.2, 0) is 12.8 Å². The second-order valence-corrected chi connectivity index (χ2v) is 7.76. The van der Waals surface area contributed by atoms with Gasteiger partial charge in [-0.15, -0.1) is 11.3 Å². The first-order chi connectivity index (χ1) is 14.1. The molecule has 0 saturated heterocycles. The number of fused-ring (bicyclic) bond motifs is 3. The lowest BCUT2D eigenvalue weighted by atomic mass is 9.97. The summed E-state index contributed by atoms with van der Waals surface area (Å²) in [6.07, 6.45) is 8.63. The average Bonchev–Trinajstić information content (AvgIpc) is 3.10. The molecule has 2 heterocycles. The first-order valence-corrected chi connectivity index (χ1v) is 9.97. The molecule has 0 atom stereocenters. The molecule has 0 saturated carbocycles. The minimum absolute atomic E-state index is 0.0206. The van der Waals surface area contributed by atoms with Crippen LogP contribution in [0.4, 0.5) is 5.69 Å². The molecule has 0 aliphatic heterocycles. The number of hydrogen-bond donors (Lipinski definition) is 1. The standard InChI is InChI=1S/C21H16N4O3S/c22-12-14(8-5-7-13-6-1-3-10-16(13)25(27)28)19-23-20(26)18-15-9-2-4-11-17(15)29-21(18)24-19/h1,3,5-8,10H,2,4,9,11H2,(H,23,24,26)/b7-5+,14-8+. The Bertz CT molecular complexity index is 1280. The SMILES string of the molecule is N#C/C(=C\C=C\c1ccccc1[N+](=O)[O-])c1nc2sc3c(c2c(=O)[nH]1)CCCC3. The average molecular weight is 404 g/mol. The summed E-state index contributed by atoms with van der Waals surface area (Å²) in [5, 5.41) is 21.3. The van der Waals surface area contributed by atoms with E-state index in [0.29, 0.717) is 15.8 Å². The van der Waals surface area contributed by atoms with E-state index in [2.05, 4.69) is 9.97 Å². The second kappa shape index (κ2) is 7.81. The van der Waals surface area contributed by atoms with Crippen LogP contribution in [0.2, 0.25) is 0 Å². The number of aromatic amines is 1. The Morgan fingerprint density at radius 1 is 1.31 bits per heavy atom. The van der Waals surface area contributed by atoms with Gasteiger partial charge in [-0.3, -0.25) is 14.9 Å². The van der Waals surface area contributed by atoms with Gasteiger partial charge in [0.1, 0.15) is 10.9 Å². The van der Waals surface area contributed by atoms with E-state index in [-0.39, 0.29) is 22.6 Å². The lowest BCUT2D eigenvalue weighted by Gasteiger charge is -2.09. The summed E-state index contributed by atoms with van der Waals surface area (Å²) >= 11 is 1.52. The zero-order chi connectivity index (χ0) is 20.4. The molecular weight excluding hydrogens is 388 g/mol. The molecule has 7 nitrogen and oxygen atoms in total. The highest BCUT2D eigenvalue weighted by molar-refractivity contribution is 7.18. The van der Waals surface area contributed by atoms with Crippen LogP contribution in [0.1, 0.15) is 34.7 Å². The number of nitrogens with one attached hydrogen (secondary N) is 1. The lowest BCUT2D eigenvalue weighted by Crippen LogP contribution is -2.12. The number of aryl methyl sites for hydroxylation is 2. The van der Waals surface area contributed by atoms with Crippen molar-refractivity contribution in [1.82, 2.24) is 9.97 Å². The second-order valence-electron chi connectivity index (χ2n) is 6.67. The summed E-state index contributed by atoms with van der Waals surface area (Å²) in [4.78, 5) is 32.4. The molecule has 2 aromatic heterocycles. The number of allylic oxidation sites excluding steroid dienone is 3. The molecule has 3 aromatic rings. The van der Waals surface area contributed by atoms with Crippen LogP contribution in [0, 0.1) is 21.4 Å². The van der Waals surface area contributed by atoms with Gasteiger partial charge in [-0.05, 0) is 49.5 Å². The van der Waals surface area contributed by atoms with Crippen molar-refractivity contribution in [3.63, 3.8) is 0 Å². The number of H-pyrrole nitrogens is 1. The number of rotatable bonds is 4. The molecule has 29 heavy (non-hydrogen) atoms. The van der Waals surface area contributed by atoms with E-state index in [9.17, 15) is 20.2 Å². The van der Waals surface area contributed by atoms with Gasteiger partial charge in [0, 0.05) is 10.9 Å². The monoisotopic (exact) mass is 404 g/mol. The Kier molecular flexibility index (Phi) is 5.06. The van der Waals surface area contributed by atoms with Gasteiger partial charge in [-0.2, -0.15) is 5.26 Å². The fourth-order valence-electron chi connectivity index (χ4n) is 3.50. The van der Waals surface area contributed by atoms with Gasteiger partial charge >= 0.3 is 0 Å². The zero-order valence-corrected chi connectivity index (χ0v) is 16.2. The molecule has 144 valence electrons. The van der Waals surface area contributed by atoms with Gasteiger partial charge in [0.2, 0.25) is 0 Å². The predicted molar refractivity (Wildman–Crippen MR) is 113 cm³/mol. The van der Waals surface area contributed by atoms with Crippen molar-refractivity contribution >= 4 is 38.9 Å². The molecule has 8 heteroatoms. The topological polar surface area (TPSA) is 113 Å². The number of nitriles is 1. The molecule has 0 bridgehead atoms. The van der Waals surface area contributed by atoms with E-state index >= 15 is 0 Å². The van der Waals surface area contributed by atoms with E-state index < -0.39 is 4.92 Å². The molecule has 0 amide bonds. The van der Waals surface area contributed by atoms with Crippen molar-refractivity contribution in [3.05, 3.63) is 78.7 Å². The van der Waals surface area contributed by atoms with Crippen LogP contribution in [-0.4, -0.2) is 14.9 Å². The number of hydrogen-bond acceptors (Lipinski definition) is 6. The van der Waals surface area contributed by atoms with Gasteiger partial charge in [0.05, 0.1) is 21.4 Å². The molecule has 0 spiro atoms. The number of benzene rings is 1. The summed E-state index contributed by atoms with van der Waals surface area (Å²) in [6, 6.07) is 8.38. The molecular formula is C21H16N4O3S. The number of nitro benzene ring substituents is 1. The van der Waals surface area contributed by atoms with Crippen LogP contribution in [0.5, 0.6) is 0 Å². The number of thiophene rings is 1. The maximum atomic E-state index is 12.6. The van der Waals surface area contributed by atoms with E-state index in [1.54, 1.807) is 30.4 Å². The van der Waals surface area contributed by atoms with Crippen molar-refractivity contribution < 1.29 is 4.92 Å². The molecule has 1 aromatic carbocycles. The molecule has 1 aliphatic rings. The third-order valence-corrected chi connectivity index (χ3v) is 6.06. The van der Waals surface area contributed by atoms with E-state index in [0.717, 1.165) is 31.2 Å². The van der Waals surface area contributed by atoms with Crippen LogP contribution in [0.3, 0.4) is 0 Å². The quantitative estimate of drug-likeness (QED) is 0.300. The van der Waals surface area contributed by atoms with E-state index in [4.69, 9.17) is 0 Å². The number of nitro groups is 1. The third-order valence-electron chi connectivity index (χ3n) is 4.87. The van der Waals surface area contributed by atoms with Gasteiger partial charge in [0.25, 0.3) is 11.2 Å². The van der Waals surface area contributed by atoms with Crippen molar-refractivity contribution in [1.29, 1.82) is 5.26 Å². The van der Waals surface area contributed by atoms with Crippen molar-refractivity contribution in [2.75, 3.05) is 0 Å². The normalized spacial score (nSPS) is 14.1. The van der Waals surface area contributed by atoms with Crippen molar-refractivity contribution in [3.8, 4) is 6.07 Å². The minimum atomic E-state index is -0.458. The maximum absolute atomic E-state index is 12.6. The van der Waals surface area contributed by atoms with E-state index in [1.807, 2.05) is 6.07 Å². The molecule has 1 aliphatic carbocycles. The van der Waals surface area contributed by atoms with Gasteiger partial charge < -0.3 is 4.98 Å².